The lowest BCUT2D eigenvalue weighted by Crippen LogP contribution is -2.31. The molecule has 0 saturated heterocycles. The average molecular weight is 224 g/mol. The van der Waals surface area contributed by atoms with Gasteiger partial charge in [0.2, 0.25) is 0 Å². The standard InChI is InChI=1S/C13H20O3/c1-5-8(3)10-9(7-14)11(15)13(4,6-2)12(10)16/h8,14H,5-7H2,1-4H3. The van der Waals surface area contributed by atoms with Crippen molar-refractivity contribution in [3.05, 3.63) is 11.1 Å². The third-order valence-corrected chi connectivity index (χ3v) is 3.82. The molecule has 2 unspecified atom stereocenters. The van der Waals surface area contributed by atoms with E-state index in [-0.39, 0.29) is 24.1 Å². The maximum absolute atomic E-state index is 12.2. The topological polar surface area (TPSA) is 54.4 Å². The summed E-state index contributed by atoms with van der Waals surface area (Å²) in [5.74, 6) is -0.219. The number of allylic oxidation sites excluding steroid dienone is 1. The summed E-state index contributed by atoms with van der Waals surface area (Å²) in [5.41, 5.74) is -0.0420. The van der Waals surface area contributed by atoms with E-state index in [4.69, 9.17) is 0 Å². The van der Waals surface area contributed by atoms with Crippen LogP contribution in [0.15, 0.2) is 11.1 Å². The number of aliphatic hydroxyl groups excluding tert-OH is 1. The second-order valence-corrected chi connectivity index (χ2v) is 4.70. The first-order chi connectivity index (χ1) is 7.43. The number of aliphatic hydroxyl groups is 1. The molecule has 0 aromatic heterocycles. The number of rotatable bonds is 4. The van der Waals surface area contributed by atoms with Crippen molar-refractivity contribution in [1.82, 2.24) is 0 Å². The van der Waals surface area contributed by atoms with Crippen LogP contribution in [0.1, 0.15) is 40.5 Å². The van der Waals surface area contributed by atoms with Gasteiger partial charge in [-0.25, -0.2) is 0 Å². The van der Waals surface area contributed by atoms with E-state index in [0.717, 1.165) is 6.42 Å². The molecule has 0 aromatic carbocycles. The summed E-state index contributed by atoms with van der Waals surface area (Å²) in [4.78, 5) is 24.3. The van der Waals surface area contributed by atoms with Gasteiger partial charge in [0.15, 0.2) is 11.6 Å². The molecule has 1 aliphatic carbocycles. The summed E-state index contributed by atoms with van der Waals surface area (Å²) in [6, 6.07) is 0. The average Bonchev–Trinajstić information content (AvgIpc) is 2.49. The van der Waals surface area contributed by atoms with E-state index in [1.807, 2.05) is 20.8 Å². The molecule has 16 heavy (non-hydrogen) atoms. The van der Waals surface area contributed by atoms with Gasteiger partial charge in [0.05, 0.1) is 12.0 Å². The highest BCUT2D eigenvalue weighted by Gasteiger charge is 2.49. The van der Waals surface area contributed by atoms with Crippen LogP contribution in [0.25, 0.3) is 0 Å². The lowest BCUT2D eigenvalue weighted by molar-refractivity contribution is -0.133. The smallest absolute Gasteiger partial charge is 0.175 e. The summed E-state index contributed by atoms with van der Waals surface area (Å²) < 4.78 is 0. The van der Waals surface area contributed by atoms with Gasteiger partial charge in [-0.2, -0.15) is 0 Å². The molecular formula is C13H20O3. The first kappa shape index (κ1) is 13.1. The molecule has 1 N–H and O–H groups in total. The second kappa shape index (κ2) is 4.50. The maximum atomic E-state index is 12.2. The molecule has 0 saturated carbocycles. The summed E-state index contributed by atoms with van der Waals surface area (Å²) in [5, 5.41) is 9.27. The van der Waals surface area contributed by atoms with Crippen LogP contribution in [0, 0.1) is 11.3 Å². The van der Waals surface area contributed by atoms with Crippen molar-refractivity contribution in [1.29, 1.82) is 0 Å². The molecule has 90 valence electrons. The van der Waals surface area contributed by atoms with E-state index in [2.05, 4.69) is 0 Å². The maximum Gasteiger partial charge on any atom is 0.175 e. The Morgan fingerprint density at radius 1 is 1.25 bits per heavy atom. The summed E-state index contributed by atoms with van der Waals surface area (Å²) in [7, 11) is 0. The van der Waals surface area contributed by atoms with Crippen LogP contribution in [-0.4, -0.2) is 23.3 Å². The van der Waals surface area contributed by atoms with Gasteiger partial charge in [-0.3, -0.25) is 9.59 Å². The van der Waals surface area contributed by atoms with Gasteiger partial charge in [0.25, 0.3) is 0 Å². The van der Waals surface area contributed by atoms with Crippen molar-refractivity contribution >= 4 is 11.6 Å². The monoisotopic (exact) mass is 224 g/mol. The highest BCUT2D eigenvalue weighted by Crippen LogP contribution is 2.41. The van der Waals surface area contributed by atoms with Crippen molar-refractivity contribution in [2.45, 2.75) is 40.5 Å². The zero-order chi connectivity index (χ0) is 12.5. The van der Waals surface area contributed by atoms with Gasteiger partial charge in [-0.15, -0.1) is 0 Å². The summed E-state index contributed by atoms with van der Waals surface area (Å²) in [6.07, 6.45) is 1.30. The minimum atomic E-state index is -0.934. The Morgan fingerprint density at radius 3 is 2.19 bits per heavy atom. The summed E-state index contributed by atoms with van der Waals surface area (Å²) in [6.45, 7) is 7.11. The number of carbonyl (C=O) groups excluding carboxylic acids is 2. The predicted molar refractivity (Wildman–Crippen MR) is 62.0 cm³/mol. The molecule has 2 atom stereocenters. The van der Waals surface area contributed by atoms with E-state index in [0.29, 0.717) is 17.6 Å². The Morgan fingerprint density at radius 2 is 1.81 bits per heavy atom. The Hall–Kier alpha value is -0.960. The summed E-state index contributed by atoms with van der Waals surface area (Å²) >= 11 is 0. The van der Waals surface area contributed by atoms with Crippen LogP contribution in [0.2, 0.25) is 0 Å². The second-order valence-electron chi connectivity index (χ2n) is 4.70. The van der Waals surface area contributed by atoms with E-state index >= 15 is 0 Å². The molecule has 0 aliphatic heterocycles. The molecule has 0 fully saturated rings. The number of hydrogen-bond acceptors (Lipinski definition) is 3. The van der Waals surface area contributed by atoms with Crippen LogP contribution in [-0.2, 0) is 9.59 Å². The highest BCUT2D eigenvalue weighted by atomic mass is 16.3. The van der Waals surface area contributed by atoms with Gasteiger partial charge in [-0.05, 0) is 25.7 Å². The molecule has 0 amide bonds. The lowest BCUT2D eigenvalue weighted by atomic mass is 9.80. The highest BCUT2D eigenvalue weighted by molar-refractivity contribution is 6.27. The van der Waals surface area contributed by atoms with Gasteiger partial charge in [0, 0.05) is 11.1 Å². The Balaban J connectivity index is 3.27. The molecule has 0 spiro atoms. The normalized spacial score (nSPS) is 27.8. The Bertz CT molecular complexity index is 354. The van der Waals surface area contributed by atoms with Crippen molar-refractivity contribution < 1.29 is 14.7 Å². The van der Waals surface area contributed by atoms with Crippen molar-refractivity contribution in [2.75, 3.05) is 6.61 Å². The SMILES string of the molecule is CCC(C)C1=C(CO)C(=O)C(C)(CC)C1=O. The molecule has 1 rings (SSSR count). The number of hydrogen-bond donors (Lipinski definition) is 1. The van der Waals surface area contributed by atoms with E-state index in [9.17, 15) is 14.7 Å². The fourth-order valence-electron chi connectivity index (χ4n) is 2.20. The van der Waals surface area contributed by atoms with Gasteiger partial charge in [0.1, 0.15) is 0 Å². The molecule has 0 bridgehead atoms. The zero-order valence-electron chi connectivity index (χ0n) is 10.5. The van der Waals surface area contributed by atoms with Crippen molar-refractivity contribution in [2.24, 2.45) is 11.3 Å². The van der Waals surface area contributed by atoms with Crippen LogP contribution >= 0.6 is 0 Å². The molecule has 0 heterocycles. The molecule has 0 radical (unpaired) electrons. The third kappa shape index (κ3) is 1.63. The third-order valence-electron chi connectivity index (χ3n) is 3.82. The number of ketones is 2. The minimum Gasteiger partial charge on any atom is -0.392 e. The first-order valence-electron chi connectivity index (χ1n) is 5.87. The lowest BCUT2D eigenvalue weighted by Gasteiger charge is -2.19. The Labute approximate surface area is 96.5 Å². The minimum absolute atomic E-state index is 0.0481. The number of Topliss-reactive ketones (excluding diaryl/α,β-unsaturated/α-hetero) is 2. The molecule has 1 aliphatic rings. The fraction of sp³-hybridized carbons (Fsp3) is 0.692. The van der Waals surface area contributed by atoms with E-state index in [1.165, 1.54) is 0 Å². The zero-order valence-corrected chi connectivity index (χ0v) is 10.5. The molecule has 3 heteroatoms. The van der Waals surface area contributed by atoms with Crippen LogP contribution < -0.4 is 0 Å². The molecule has 3 nitrogen and oxygen atoms in total. The molecule has 0 aromatic rings. The van der Waals surface area contributed by atoms with Crippen LogP contribution in [0.4, 0.5) is 0 Å². The largest absolute Gasteiger partial charge is 0.392 e. The van der Waals surface area contributed by atoms with Gasteiger partial charge in [-0.1, -0.05) is 20.8 Å². The number of carbonyl (C=O) groups is 2. The van der Waals surface area contributed by atoms with Crippen LogP contribution in [0.5, 0.6) is 0 Å². The molecular weight excluding hydrogens is 204 g/mol. The van der Waals surface area contributed by atoms with Gasteiger partial charge < -0.3 is 5.11 Å². The Kier molecular flexibility index (Phi) is 3.68. The van der Waals surface area contributed by atoms with E-state index in [1.54, 1.807) is 6.92 Å². The first-order valence-corrected chi connectivity index (χ1v) is 5.87. The van der Waals surface area contributed by atoms with Crippen molar-refractivity contribution in [3.63, 3.8) is 0 Å². The van der Waals surface area contributed by atoms with Crippen molar-refractivity contribution in [3.8, 4) is 0 Å². The predicted octanol–water partition coefficient (Wildman–Crippen LogP) is 1.89. The van der Waals surface area contributed by atoms with Gasteiger partial charge >= 0.3 is 0 Å². The van der Waals surface area contributed by atoms with E-state index < -0.39 is 5.41 Å². The quantitative estimate of drug-likeness (QED) is 0.742. The fourth-order valence-corrected chi connectivity index (χ4v) is 2.20. The van der Waals surface area contributed by atoms with Crippen LogP contribution in [0.3, 0.4) is 0 Å².